The summed E-state index contributed by atoms with van der Waals surface area (Å²) in [5.41, 5.74) is 29.5. The van der Waals surface area contributed by atoms with E-state index in [1.807, 2.05) is 18.4 Å². The normalized spacial score (nSPS) is 11.6. The number of carbonyl (C=O) groups excluding carboxylic acids is 3. The second-order valence-electron chi connectivity index (χ2n) is 17.6. The molecule has 0 saturated heterocycles. The molecule has 8 heterocycles. The smallest absolute Gasteiger partial charge is 0.323 e. The van der Waals surface area contributed by atoms with Crippen LogP contribution in [0.25, 0.3) is 44.7 Å². The van der Waals surface area contributed by atoms with Crippen LogP contribution in [0.1, 0.15) is 40.5 Å². The summed E-state index contributed by atoms with van der Waals surface area (Å²) in [4.78, 5) is 111. The van der Waals surface area contributed by atoms with Crippen molar-refractivity contribution in [2.24, 2.45) is 23.5 Å². The molecular weight excluding hydrogens is 1060 g/mol. The molecule has 35 heteroatoms. The molecule has 0 aliphatic heterocycles. The summed E-state index contributed by atoms with van der Waals surface area (Å²) in [7, 11) is 0. The summed E-state index contributed by atoms with van der Waals surface area (Å²) < 4.78 is 32.1. The van der Waals surface area contributed by atoms with E-state index in [1.54, 1.807) is 17.1 Å². The highest BCUT2D eigenvalue weighted by Gasteiger charge is 2.19. The zero-order chi connectivity index (χ0) is 58.5. The molecule has 35 nitrogen and oxygen atoms in total. The Balaban J connectivity index is 0.000000198. The van der Waals surface area contributed by atoms with Gasteiger partial charge in [-0.05, 0) is 18.8 Å². The van der Waals surface area contributed by atoms with Crippen molar-refractivity contribution < 1.29 is 53.4 Å². The van der Waals surface area contributed by atoms with Gasteiger partial charge in [-0.3, -0.25) is 47.9 Å². The number of nitrogens with one attached hydrogen (secondary N) is 3. The Morgan fingerprint density at radius 3 is 1.66 bits per heavy atom. The van der Waals surface area contributed by atoms with E-state index in [-0.39, 0.29) is 142 Å². The van der Waals surface area contributed by atoms with Gasteiger partial charge in [0.1, 0.15) is 37.3 Å². The monoisotopic (exact) mass is 1120 g/mol. The molecule has 80 heavy (non-hydrogen) atoms. The fraction of sp³-hybridized carbons (Fsp3) is 0.489. The summed E-state index contributed by atoms with van der Waals surface area (Å²) in [5, 5.41) is 26.5. The van der Waals surface area contributed by atoms with Gasteiger partial charge in [-0.2, -0.15) is 19.9 Å². The van der Waals surface area contributed by atoms with Crippen LogP contribution in [0.2, 0.25) is 0 Å². The Labute approximate surface area is 451 Å². The van der Waals surface area contributed by atoms with Crippen LogP contribution in [0.4, 0.5) is 23.8 Å². The van der Waals surface area contributed by atoms with Gasteiger partial charge in [-0.15, -0.1) is 0 Å². The number of imidazole rings is 4. The molecular formula is C45H65N21O14. The zero-order valence-electron chi connectivity index (χ0n) is 44.1. The van der Waals surface area contributed by atoms with E-state index in [0.717, 1.165) is 0 Å². The number of rotatable bonds is 23. The number of ether oxygens (including phenoxy) is 5. The van der Waals surface area contributed by atoms with E-state index in [0.29, 0.717) is 54.0 Å². The van der Waals surface area contributed by atoms with Crippen LogP contribution in [0.5, 0.6) is 0 Å². The van der Waals surface area contributed by atoms with Crippen molar-refractivity contribution in [3.05, 3.63) is 62.6 Å². The molecule has 0 unspecified atom stereocenters. The number of nitrogens with zero attached hydrogens (tertiary/aromatic N) is 13. The number of hydrogen-bond donors (Lipinski definition) is 11. The maximum Gasteiger partial charge on any atom is 0.323 e. The lowest BCUT2D eigenvalue weighted by Gasteiger charge is -2.16. The van der Waals surface area contributed by atoms with Crippen LogP contribution in [0.15, 0.2) is 45.9 Å². The molecule has 0 aliphatic carbocycles. The van der Waals surface area contributed by atoms with Gasteiger partial charge < -0.3 is 81.8 Å². The second kappa shape index (κ2) is 30.2. The molecule has 0 aromatic carbocycles. The number of aliphatic hydroxyl groups excluding tert-OH is 3. The van der Waals surface area contributed by atoms with Crippen molar-refractivity contribution >= 4 is 86.4 Å². The van der Waals surface area contributed by atoms with Crippen LogP contribution in [0.3, 0.4) is 0 Å². The zero-order valence-corrected chi connectivity index (χ0v) is 44.1. The van der Waals surface area contributed by atoms with E-state index < -0.39 is 23.1 Å². The number of fused-ring (bicyclic) bond motifs is 4. The number of aromatic nitrogens is 16. The molecule has 0 amide bonds. The predicted molar refractivity (Wildman–Crippen MR) is 284 cm³/mol. The minimum absolute atomic E-state index is 0.000790. The highest BCUT2D eigenvalue weighted by molar-refractivity contribution is 5.76. The van der Waals surface area contributed by atoms with E-state index in [4.69, 9.17) is 67.7 Å². The summed E-state index contributed by atoms with van der Waals surface area (Å²) in [6, 6.07) is -0.647. The minimum atomic E-state index is -0.647. The number of nitrogens with two attached hydrogens (primary N) is 5. The van der Waals surface area contributed by atoms with Crippen molar-refractivity contribution in [3.63, 3.8) is 0 Å². The fourth-order valence-corrected chi connectivity index (χ4v) is 6.84. The average molecular weight is 1120 g/mol. The van der Waals surface area contributed by atoms with Crippen LogP contribution in [-0.4, -0.2) is 170 Å². The fourth-order valence-electron chi connectivity index (χ4n) is 6.84. The third kappa shape index (κ3) is 18.0. The number of nitrogen functional groups attached to an aromatic ring is 4. The third-order valence-corrected chi connectivity index (χ3v) is 11.1. The van der Waals surface area contributed by atoms with Crippen molar-refractivity contribution in [1.82, 2.24) is 78.1 Å². The molecule has 0 fully saturated rings. The number of anilines is 4. The van der Waals surface area contributed by atoms with Gasteiger partial charge in [-0.1, -0.05) is 13.8 Å². The SMILES string of the molecule is CC(=O)OCC(CCn1cnc2cnc(N)nc21)COC(C)=O.CC(C)[C@H](N)C(=O)OCCOCn1cnc2c(=O)[nH]c(N)nc21.Nc1nc(=O)c2ncn(CCC(CO)CO)c2[nH]1.Nc1nc2c(ncn2COCCO)c(=O)[nH]1. The van der Waals surface area contributed by atoms with Gasteiger partial charge in [0.2, 0.25) is 23.8 Å². The Hall–Kier alpha value is -9.03. The Morgan fingerprint density at radius 2 is 1.11 bits per heavy atom. The number of aryl methyl sites for hydroxylation is 2. The van der Waals surface area contributed by atoms with Gasteiger partial charge in [0, 0.05) is 52.0 Å². The van der Waals surface area contributed by atoms with E-state index in [2.05, 4.69) is 59.8 Å². The summed E-state index contributed by atoms with van der Waals surface area (Å²) in [6.07, 6.45) is 8.77. The van der Waals surface area contributed by atoms with Gasteiger partial charge >= 0.3 is 23.5 Å². The highest BCUT2D eigenvalue weighted by Crippen LogP contribution is 2.15. The quantitative estimate of drug-likeness (QED) is 0.0174. The molecule has 8 aromatic heterocycles. The Morgan fingerprint density at radius 1 is 0.600 bits per heavy atom. The Kier molecular flexibility index (Phi) is 23.3. The maximum absolute atomic E-state index is 11.6. The van der Waals surface area contributed by atoms with Gasteiger partial charge in [0.15, 0.2) is 33.5 Å². The van der Waals surface area contributed by atoms with Gasteiger partial charge in [-0.25, -0.2) is 24.9 Å². The average Bonchev–Trinajstić information content (AvgIpc) is 4.28. The van der Waals surface area contributed by atoms with E-state index in [1.165, 1.54) is 42.0 Å². The topological polar surface area (TPSA) is 522 Å². The lowest BCUT2D eigenvalue weighted by molar-refractivity contribution is -0.148. The number of hydrogen-bond acceptors (Lipinski definition) is 28. The van der Waals surface area contributed by atoms with Gasteiger partial charge in [0.25, 0.3) is 11.1 Å². The van der Waals surface area contributed by atoms with Crippen LogP contribution >= 0.6 is 0 Å². The van der Waals surface area contributed by atoms with E-state index in [9.17, 15) is 28.8 Å². The first-order valence-electron chi connectivity index (χ1n) is 24.4. The van der Waals surface area contributed by atoms with Crippen LogP contribution < -0.4 is 45.3 Å². The summed E-state index contributed by atoms with van der Waals surface area (Å²) in [6.45, 7) is 8.32. The first-order valence-corrected chi connectivity index (χ1v) is 24.4. The largest absolute Gasteiger partial charge is 0.465 e. The molecule has 8 rings (SSSR count). The predicted octanol–water partition coefficient (Wildman–Crippen LogP) is -2.90. The number of H-pyrrole nitrogens is 3. The molecule has 0 saturated carbocycles. The molecule has 1 atom stereocenters. The number of aromatic amines is 3. The van der Waals surface area contributed by atoms with Crippen molar-refractivity contribution in [2.75, 3.05) is 75.8 Å². The second-order valence-corrected chi connectivity index (χ2v) is 17.6. The summed E-state index contributed by atoms with van der Waals surface area (Å²) in [5.74, 6) is -1.24. The number of aliphatic hydroxyl groups is 3. The molecule has 0 bridgehead atoms. The molecule has 0 radical (unpaired) electrons. The highest BCUT2D eigenvalue weighted by atomic mass is 16.6. The summed E-state index contributed by atoms with van der Waals surface area (Å²) >= 11 is 0. The molecule has 8 aromatic rings. The lowest BCUT2D eigenvalue weighted by Crippen LogP contribution is -2.37. The maximum atomic E-state index is 11.6. The van der Waals surface area contributed by atoms with Crippen LogP contribution in [-0.2, 0) is 64.6 Å². The van der Waals surface area contributed by atoms with Crippen molar-refractivity contribution in [1.29, 1.82) is 0 Å². The van der Waals surface area contributed by atoms with Crippen molar-refractivity contribution in [2.45, 2.75) is 73.1 Å². The Bertz CT molecular complexity index is 3450. The van der Waals surface area contributed by atoms with Gasteiger partial charge in [0.05, 0.1) is 64.5 Å². The number of esters is 3. The molecule has 0 spiro atoms. The van der Waals surface area contributed by atoms with Crippen LogP contribution in [0, 0.1) is 17.8 Å². The minimum Gasteiger partial charge on any atom is -0.465 e. The first kappa shape index (κ1) is 61.8. The lowest BCUT2D eigenvalue weighted by atomic mass is 10.1. The molecule has 0 aliphatic rings. The van der Waals surface area contributed by atoms with E-state index >= 15 is 0 Å². The molecule has 16 N–H and O–H groups in total. The first-order chi connectivity index (χ1) is 38.2. The third-order valence-electron chi connectivity index (χ3n) is 11.1. The van der Waals surface area contributed by atoms with Crippen molar-refractivity contribution in [3.8, 4) is 0 Å². The molecule has 434 valence electrons. The number of carbonyl (C=O) groups is 3. The standard InChI is InChI=1S/C14H19N5O4.C13H20N6O4.C10H15N5O3.C8H11N5O3/c1-9(20)22-6-11(7-23-10(2)21)3-4-19-8-17-12-5-16-14(15)18-13(12)19;1-7(2)8(14)12(21)23-4-3-22-6-19-5-16-9-10(19)17-13(15)18-11(9)20;11-10-13-8-7(9(18)14-10)12-5-15(8)2-1-6(3-16)4-17;9-8-11-6-5(7(15)12-8)10-3-13(6)4-16-2-1-14/h5,8,11H,3-4,6-7H2,1-2H3,(H2,15,16,18);5,7-8H,3-4,6,14H2,1-2H3,(H3,15,17,18,20);5-6,16-17H,1-4H2,(H3,11,13,14,18);3,14H,1-2,4H2,(H3,9,11,12,15)/t;8-;;/m.0../s1.